The standard InChI is InChI=1S/C11H25N/c1-5-10(6-2)11(7-3)9-12-8-4/h10-12H,5-9H2,1-4H3. The van der Waals surface area contributed by atoms with Crippen molar-refractivity contribution < 1.29 is 0 Å². The maximum absolute atomic E-state index is 3.45. The molecule has 0 bridgehead atoms. The van der Waals surface area contributed by atoms with E-state index in [1.54, 1.807) is 0 Å². The van der Waals surface area contributed by atoms with Crippen LogP contribution in [0.2, 0.25) is 0 Å². The van der Waals surface area contributed by atoms with Gasteiger partial charge in [-0.3, -0.25) is 0 Å². The van der Waals surface area contributed by atoms with Gasteiger partial charge in [0.05, 0.1) is 0 Å². The third-order valence-corrected chi connectivity index (χ3v) is 2.90. The Hall–Kier alpha value is -0.0400. The molecule has 0 saturated carbocycles. The van der Waals surface area contributed by atoms with Gasteiger partial charge >= 0.3 is 0 Å². The predicted octanol–water partition coefficient (Wildman–Crippen LogP) is 3.06. The summed E-state index contributed by atoms with van der Waals surface area (Å²) in [5.41, 5.74) is 0. The lowest BCUT2D eigenvalue weighted by Crippen LogP contribution is -2.27. The third kappa shape index (κ3) is 4.10. The maximum Gasteiger partial charge on any atom is -0.00181 e. The van der Waals surface area contributed by atoms with Crippen molar-refractivity contribution in [3.63, 3.8) is 0 Å². The van der Waals surface area contributed by atoms with Gasteiger partial charge in [-0.2, -0.15) is 0 Å². The molecular formula is C11H25N. The van der Waals surface area contributed by atoms with Crippen LogP contribution in [0.25, 0.3) is 0 Å². The molecule has 1 N–H and O–H groups in total. The molecule has 0 radical (unpaired) electrons. The summed E-state index contributed by atoms with van der Waals surface area (Å²) in [7, 11) is 0. The van der Waals surface area contributed by atoms with Gasteiger partial charge in [0.15, 0.2) is 0 Å². The first-order valence-electron chi connectivity index (χ1n) is 5.50. The Morgan fingerprint density at radius 3 is 1.67 bits per heavy atom. The van der Waals surface area contributed by atoms with Gasteiger partial charge in [0.2, 0.25) is 0 Å². The van der Waals surface area contributed by atoms with Gasteiger partial charge in [-0.25, -0.2) is 0 Å². The summed E-state index contributed by atoms with van der Waals surface area (Å²) in [6.45, 7) is 11.4. The highest BCUT2D eigenvalue weighted by atomic mass is 14.8. The van der Waals surface area contributed by atoms with Gasteiger partial charge in [-0.1, -0.05) is 47.0 Å². The lowest BCUT2D eigenvalue weighted by atomic mass is 9.86. The SMILES string of the molecule is CCNCC(CC)C(CC)CC. The molecule has 1 atom stereocenters. The lowest BCUT2D eigenvalue weighted by Gasteiger charge is -2.24. The van der Waals surface area contributed by atoms with E-state index in [2.05, 4.69) is 33.0 Å². The second-order valence-corrected chi connectivity index (χ2v) is 3.55. The van der Waals surface area contributed by atoms with Crippen LogP contribution in [0.1, 0.15) is 47.0 Å². The Morgan fingerprint density at radius 1 is 0.833 bits per heavy atom. The van der Waals surface area contributed by atoms with Crippen LogP contribution in [0, 0.1) is 11.8 Å². The molecule has 0 amide bonds. The molecule has 0 fully saturated rings. The van der Waals surface area contributed by atoms with Crippen LogP contribution < -0.4 is 5.32 Å². The summed E-state index contributed by atoms with van der Waals surface area (Å²) < 4.78 is 0. The summed E-state index contributed by atoms with van der Waals surface area (Å²) in [6, 6.07) is 0. The Bertz CT molecular complexity index is 87.0. The molecular weight excluding hydrogens is 146 g/mol. The van der Waals surface area contributed by atoms with Crippen molar-refractivity contribution in [2.45, 2.75) is 47.0 Å². The molecule has 0 heterocycles. The second-order valence-electron chi connectivity index (χ2n) is 3.55. The van der Waals surface area contributed by atoms with Gasteiger partial charge in [0, 0.05) is 0 Å². The average Bonchev–Trinajstić information content (AvgIpc) is 2.12. The summed E-state index contributed by atoms with van der Waals surface area (Å²) in [6.07, 6.45) is 3.99. The van der Waals surface area contributed by atoms with Gasteiger partial charge < -0.3 is 5.32 Å². The normalized spacial score (nSPS) is 13.8. The summed E-state index contributed by atoms with van der Waals surface area (Å²) in [5.74, 6) is 1.81. The van der Waals surface area contributed by atoms with Crippen molar-refractivity contribution in [2.24, 2.45) is 11.8 Å². The number of hydrogen-bond donors (Lipinski definition) is 1. The largest absolute Gasteiger partial charge is 0.317 e. The van der Waals surface area contributed by atoms with Gasteiger partial charge in [0.1, 0.15) is 0 Å². The molecule has 0 aliphatic rings. The van der Waals surface area contributed by atoms with Crippen LogP contribution in [0.3, 0.4) is 0 Å². The van der Waals surface area contributed by atoms with E-state index in [9.17, 15) is 0 Å². The van der Waals surface area contributed by atoms with Crippen molar-refractivity contribution >= 4 is 0 Å². The molecule has 0 aliphatic carbocycles. The smallest absolute Gasteiger partial charge is 0.00181 e. The van der Waals surface area contributed by atoms with Gasteiger partial charge in [0.25, 0.3) is 0 Å². The first-order valence-corrected chi connectivity index (χ1v) is 5.50. The summed E-state index contributed by atoms with van der Waals surface area (Å²) >= 11 is 0. The van der Waals surface area contributed by atoms with Crippen LogP contribution in [0.5, 0.6) is 0 Å². The zero-order valence-electron chi connectivity index (χ0n) is 9.19. The monoisotopic (exact) mass is 171 g/mol. The van der Waals surface area contributed by atoms with Crippen molar-refractivity contribution in [2.75, 3.05) is 13.1 Å². The first-order chi connectivity index (χ1) is 5.79. The van der Waals surface area contributed by atoms with E-state index in [0.717, 1.165) is 18.4 Å². The number of hydrogen-bond acceptors (Lipinski definition) is 1. The molecule has 0 aliphatic heterocycles. The maximum atomic E-state index is 3.45. The molecule has 0 spiro atoms. The Labute approximate surface area is 77.9 Å². The zero-order valence-corrected chi connectivity index (χ0v) is 9.19. The van der Waals surface area contributed by atoms with Crippen LogP contribution >= 0.6 is 0 Å². The molecule has 0 aromatic rings. The molecule has 0 aromatic heterocycles. The highest BCUT2D eigenvalue weighted by Crippen LogP contribution is 2.21. The van der Waals surface area contributed by atoms with E-state index >= 15 is 0 Å². The topological polar surface area (TPSA) is 12.0 Å². The number of rotatable bonds is 7. The van der Waals surface area contributed by atoms with E-state index < -0.39 is 0 Å². The van der Waals surface area contributed by atoms with Crippen molar-refractivity contribution in [3.05, 3.63) is 0 Å². The molecule has 1 unspecified atom stereocenters. The van der Waals surface area contributed by atoms with Crippen LogP contribution in [-0.2, 0) is 0 Å². The van der Waals surface area contributed by atoms with Crippen molar-refractivity contribution in [1.29, 1.82) is 0 Å². The fourth-order valence-corrected chi connectivity index (χ4v) is 1.93. The summed E-state index contributed by atoms with van der Waals surface area (Å²) in [4.78, 5) is 0. The third-order valence-electron chi connectivity index (χ3n) is 2.90. The lowest BCUT2D eigenvalue weighted by molar-refractivity contribution is 0.293. The molecule has 0 rings (SSSR count). The molecule has 0 saturated heterocycles. The van der Waals surface area contributed by atoms with Crippen molar-refractivity contribution in [3.8, 4) is 0 Å². The Morgan fingerprint density at radius 2 is 1.33 bits per heavy atom. The molecule has 1 nitrogen and oxygen atoms in total. The summed E-state index contributed by atoms with van der Waals surface area (Å²) in [5, 5.41) is 3.45. The van der Waals surface area contributed by atoms with Gasteiger partial charge in [-0.05, 0) is 24.9 Å². The minimum atomic E-state index is 0.889. The van der Waals surface area contributed by atoms with E-state index in [4.69, 9.17) is 0 Å². The predicted molar refractivity (Wildman–Crippen MR) is 56.4 cm³/mol. The molecule has 74 valence electrons. The quantitative estimate of drug-likeness (QED) is 0.621. The van der Waals surface area contributed by atoms with E-state index in [1.165, 1.54) is 25.8 Å². The van der Waals surface area contributed by atoms with E-state index in [-0.39, 0.29) is 0 Å². The fraction of sp³-hybridized carbons (Fsp3) is 1.00. The minimum Gasteiger partial charge on any atom is -0.317 e. The van der Waals surface area contributed by atoms with E-state index in [0.29, 0.717) is 0 Å². The second kappa shape index (κ2) is 7.60. The van der Waals surface area contributed by atoms with Crippen LogP contribution in [0.15, 0.2) is 0 Å². The average molecular weight is 171 g/mol. The first kappa shape index (κ1) is 12.0. The van der Waals surface area contributed by atoms with Crippen molar-refractivity contribution in [1.82, 2.24) is 5.32 Å². The van der Waals surface area contributed by atoms with Crippen LogP contribution in [0.4, 0.5) is 0 Å². The Kier molecular flexibility index (Phi) is 7.58. The molecule has 1 heteroatoms. The highest BCUT2D eigenvalue weighted by molar-refractivity contribution is 4.68. The molecule has 0 aromatic carbocycles. The highest BCUT2D eigenvalue weighted by Gasteiger charge is 2.15. The van der Waals surface area contributed by atoms with Crippen LogP contribution in [-0.4, -0.2) is 13.1 Å². The minimum absolute atomic E-state index is 0.889. The zero-order chi connectivity index (χ0) is 9.40. The fourth-order valence-electron chi connectivity index (χ4n) is 1.93. The number of nitrogens with one attached hydrogen (secondary N) is 1. The molecule has 12 heavy (non-hydrogen) atoms. The Balaban J connectivity index is 3.75. The van der Waals surface area contributed by atoms with E-state index in [1.807, 2.05) is 0 Å². The van der Waals surface area contributed by atoms with Gasteiger partial charge in [-0.15, -0.1) is 0 Å².